The summed E-state index contributed by atoms with van der Waals surface area (Å²) in [5.41, 5.74) is 6.68. The highest BCUT2D eigenvalue weighted by Crippen LogP contribution is 2.25. The quantitative estimate of drug-likeness (QED) is 0.753. The number of hydrogen-bond donors (Lipinski definition) is 1. The molecular weight excluding hydrogens is 294 g/mol. The molecular formula is C13H12ClN5S. The minimum atomic E-state index is 0.463. The van der Waals surface area contributed by atoms with E-state index in [0.717, 1.165) is 21.0 Å². The monoisotopic (exact) mass is 305 g/mol. The number of nitrogens with zero attached hydrogens (tertiary/aromatic N) is 4. The molecule has 102 valence electrons. The van der Waals surface area contributed by atoms with Crippen LogP contribution in [-0.2, 0) is 12.8 Å². The second kappa shape index (κ2) is 5.30. The Morgan fingerprint density at radius 2 is 2.20 bits per heavy atom. The van der Waals surface area contributed by atoms with Gasteiger partial charge in [-0.15, -0.1) is 11.8 Å². The number of hydrogen-bond acceptors (Lipinski definition) is 5. The van der Waals surface area contributed by atoms with Gasteiger partial charge in [-0.2, -0.15) is 5.10 Å². The summed E-state index contributed by atoms with van der Waals surface area (Å²) in [4.78, 5) is 9.87. The number of benzene rings is 1. The van der Waals surface area contributed by atoms with Crippen LogP contribution in [-0.4, -0.2) is 19.7 Å². The molecule has 0 saturated heterocycles. The minimum absolute atomic E-state index is 0.463. The molecule has 0 atom stereocenters. The van der Waals surface area contributed by atoms with Crippen LogP contribution in [0.5, 0.6) is 0 Å². The molecule has 0 aliphatic rings. The van der Waals surface area contributed by atoms with E-state index in [4.69, 9.17) is 17.3 Å². The normalized spacial score (nSPS) is 11.1. The molecule has 2 heterocycles. The third-order valence-electron chi connectivity index (χ3n) is 2.83. The molecule has 0 aliphatic heterocycles. The molecule has 3 rings (SSSR count). The van der Waals surface area contributed by atoms with Crippen molar-refractivity contribution in [2.45, 2.75) is 10.6 Å². The molecule has 0 fully saturated rings. The van der Waals surface area contributed by atoms with Crippen LogP contribution < -0.4 is 5.73 Å². The Balaban J connectivity index is 1.86. The number of thioether (sulfide) groups is 1. The smallest absolute Gasteiger partial charge is 0.163 e. The third kappa shape index (κ3) is 2.57. The molecule has 0 amide bonds. The number of nitrogens with two attached hydrogens (primary N) is 1. The van der Waals surface area contributed by atoms with E-state index in [9.17, 15) is 0 Å². The fourth-order valence-corrected chi connectivity index (χ4v) is 2.93. The van der Waals surface area contributed by atoms with Crippen LogP contribution in [0.4, 0.5) is 5.82 Å². The second-order valence-electron chi connectivity index (χ2n) is 4.28. The molecule has 2 aromatic heterocycles. The fourth-order valence-electron chi connectivity index (χ4n) is 1.86. The van der Waals surface area contributed by atoms with Gasteiger partial charge in [-0.3, -0.25) is 4.68 Å². The van der Waals surface area contributed by atoms with Gasteiger partial charge in [0.05, 0.1) is 17.3 Å². The Hall–Kier alpha value is -1.79. The lowest BCUT2D eigenvalue weighted by molar-refractivity contribution is 0.782. The van der Waals surface area contributed by atoms with Crippen LogP contribution in [0.1, 0.15) is 5.82 Å². The highest BCUT2D eigenvalue weighted by molar-refractivity contribution is 7.98. The van der Waals surface area contributed by atoms with E-state index in [1.165, 1.54) is 0 Å². The molecule has 20 heavy (non-hydrogen) atoms. The van der Waals surface area contributed by atoms with E-state index in [2.05, 4.69) is 15.1 Å². The van der Waals surface area contributed by atoms with E-state index < -0.39 is 0 Å². The van der Waals surface area contributed by atoms with Gasteiger partial charge in [0.2, 0.25) is 0 Å². The standard InChI is InChI=1S/C13H12ClN5S/c1-19-13-10(6-16-19)12(15)17-11(18-13)7-20-9-4-2-3-8(14)5-9/h2-6H,7H2,1H3,(H2,15,17,18). The van der Waals surface area contributed by atoms with Crippen molar-refractivity contribution in [2.75, 3.05) is 5.73 Å². The lowest BCUT2D eigenvalue weighted by Crippen LogP contribution is -2.01. The summed E-state index contributed by atoms with van der Waals surface area (Å²) in [7, 11) is 1.84. The van der Waals surface area contributed by atoms with E-state index in [1.54, 1.807) is 22.6 Å². The van der Waals surface area contributed by atoms with Crippen LogP contribution >= 0.6 is 23.4 Å². The maximum Gasteiger partial charge on any atom is 0.163 e. The molecule has 0 bridgehead atoms. The number of fused-ring (bicyclic) bond motifs is 1. The zero-order chi connectivity index (χ0) is 14.1. The van der Waals surface area contributed by atoms with E-state index >= 15 is 0 Å². The van der Waals surface area contributed by atoms with Gasteiger partial charge in [0, 0.05) is 17.0 Å². The molecule has 0 unspecified atom stereocenters. The third-order valence-corrected chi connectivity index (χ3v) is 4.06. The summed E-state index contributed by atoms with van der Waals surface area (Å²) in [5, 5.41) is 5.64. The van der Waals surface area contributed by atoms with Gasteiger partial charge in [0.25, 0.3) is 0 Å². The average Bonchev–Trinajstić information content (AvgIpc) is 2.79. The summed E-state index contributed by atoms with van der Waals surface area (Å²) in [5.74, 6) is 1.78. The first-order valence-corrected chi connectivity index (χ1v) is 7.32. The van der Waals surface area contributed by atoms with Gasteiger partial charge in [0.1, 0.15) is 11.6 Å². The molecule has 0 radical (unpaired) electrons. The Morgan fingerprint density at radius 1 is 1.35 bits per heavy atom. The molecule has 0 aliphatic carbocycles. The summed E-state index contributed by atoms with van der Waals surface area (Å²) in [6.07, 6.45) is 1.68. The topological polar surface area (TPSA) is 69.6 Å². The van der Waals surface area contributed by atoms with Crippen LogP contribution in [0.2, 0.25) is 5.02 Å². The van der Waals surface area contributed by atoms with Gasteiger partial charge in [-0.05, 0) is 18.2 Å². The first-order chi connectivity index (χ1) is 9.63. The minimum Gasteiger partial charge on any atom is -0.383 e. The van der Waals surface area contributed by atoms with Crippen molar-refractivity contribution >= 4 is 40.2 Å². The van der Waals surface area contributed by atoms with E-state index in [1.807, 2.05) is 31.3 Å². The van der Waals surface area contributed by atoms with E-state index in [0.29, 0.717) is 17.4 Å². The molecule has 5 nitrogen and oxygen atoms in total. The van der Waals surface area contributed by atoms with Crippen LogP contribution in [0.15, 0.2) is 35.4 Å². The Bertz CT molecular complexity index is 771. The Labute approximate surface area is 125 Å². The zero-order valence-electron chi connectivity index (χ0n) is 10.7. The summed E-state index contributed by atoms with van der Waals surface area (Å²) < 4.78 is 1.70. The predicted molar refractivity (Wildman–Crippen MR) is 81.7 cm³/mol. The number of halogens is 1. The van der Waals surface area contributed by atoms with Crippen molar-refractivity contribution in [2.24, 2.45) is 7.05 Å². The van der Waals surface area contributed by atoms with Crippen LogP contribution in [0.3, 0.4) is 0 Å². The second-order valence-corrected chi connectivity index (χ2v) is 5.76. The summed E-state index contributed by atoms with van der Waals surface area (Å²) in [6.45, 7) is 0. The lowest BCUT2D eigenvalue weighted by Gasteiger charge is -2.04. The molecule has 3 aromatic rings. The molecule has 2 N–H and O–H groups in total. The van der Waals surface area contributed by atoms with Gasteiger partial charge in [0.15, 0.2) is 5.65 Å². The molecule has 1 aromatic carbocycles. The molecule has 0 spiro atoms. The number of aromatic nitrogens is 4. The lowest BCUT2D eigenvalue weighted by atomic mass is 10.4. The zero-order valence-corrected chi connectivity index (χ0v) is 12.3. The highest BCUT2D eigenvalue weighted by atomic mass is 35.5. The molecule has 7 heteroatoms. The first kappa shape index (κ1) is 13.2. The number of nitrogen functional groups attached to an aromatic ring is 1. The van der Waals surface area contributed by atoms with Crippen LogP contribution in [0, 0.1) is 0 Å². The van der Waals surface area contributed by atoms with Crippen molar-refractivity contribution < 1.29 is 0 Å². The van der Waals surface area contributed by atoms with Gasteiger partial charge < -0.3 is 5.73 Å². The van der Waals surface area contributed by atoms with Crippen molar-refractivity contribution in [3.05, 3.63) is 41.3 Å². The summed E-state index contributed by atoms with van der Waals surface area (Å²) in [6, 6.07) is 7.69. The van der Waals surface area contributed by atoms with Crippen LogP contribution in [0.25, 0.3) is 11.0 Å². The number of anilines is 1. The van der Waals surface area contributed by atoms with Gasteiger partial charge in [-0.1, -0.05) is 17.7 Å². The number of rotatable bonds is 3. The largest absolute Gasteiger partial charge is 0.383 e. The summed E-state index contributed by atoms with van der Waals surface area (Å²) >= 11 is 7.58. The first-order valence-electron chi connectivity index (χ1n) is 5.96. The van der Waals surface area contributed by atoms with Crippen molar-refractivity contribution in [3.8, 4) is 0 Å². The maximum atomic E-state index is 5.96. The maximum absolute atomic E-state index is 5.96. The predicted octanol–water partition coefficient (Wildman–Crippen LogP) is 2.89. The fraction of sp³-hybridized carbons (Fsp3) is 0.154. The van der Waals surface area contributed by atoms with Gasteiger partial charge in [-0.25, -0.2) is 9.97 Å². The molecule has 0 saturated carbocycles. The SMILES string of the molecule is Cn1ncc2c(N)nc(CSc3cccc(Cl)c3)nc21. The van der Waals surface area contributed by atoms with Crippen molar-refractivity contribution in [1.29, 1.82) is 0 Å². The Morgan fingerprint density at radius 3 is 3.00 bits per heavy atom. The Kier molecular flexibility index (Phi) is 3.50. The number of aryl methyl sites for hydroxylation is 1. The average molecular weight is 306 g/mol. The van der Waals surface area contributed by atoms with Gasteiger partial charge >= 0.3 is 0 Å². The van der Waals surface area contributed by atoms with Crippen molar-refractivity contribution in [3.63, 3.8) is 0 Å². The van der Waals surface area contributed by atoms with Crippen molar-refractivity contribution in [1.82, 2.24) is 19.7 Å². The van der Waals surface area contributed by atoms with E-state index in [-0.39, 0.29) is 0 Å². The highest BCUT2D eigenvalue weighted by Gasteiger charge is 2.09.